The first kappa shape index (κ1) is 12.3. The maximum atomic E-state index is 12.4. The summed E-state index contributed by atoms with van der Waals surface area (Å²) in [6, 6.07) is 5.44. The fraction of sp³-hybridized carbons (Fsp3) is 0.538. The Morgan fingerprint density at radius 2 is 1.94 bits per heavy atom. The Hall–Kier alpha value is -1.16. The molecule has 1 aromatic carbocycles. The average Bonchev–Trinajstić information content (AvgIpc) is 2.70. The molecule has 1 aliphatic rings. The number of ether oxygens (including phenoxy) is 1. The molecule has 0 aliphatic heterocycles. The summed E-state index contributed by atoms with van der Waals surface area (Å²) in [6.07, 6.45) is 0. The lowest BCUT2D eigenvalue weighted by Gasteiger charge is -2.14. The van der Waals surface area contributed by atoms with E-state index in [-0.39, 0.29) is 23.1 Å². The minimum atomic E-state index is -2.80. The van der Waals surface area contributed by atoms with E-state index in [2.05, 4.69) is 4.74 Å². The molecular weight excluding hydrogens is 224 g/mol. The topological polar surface area (TPSA) is 35.2 Å². The molecule has 0 bridgehead atoms. The van der Waals surface area contributed by atoms with Crippen LogP contribution in [0.2, 0.25) is 0 Å². The highest BCUT2D eigenvalue weighted by Crippen LogP contribution is 2.59. The van der Waals surface area contributed by atoms with Crippen molar-refractivity contribution in [2.24, 2.45) is 11.1 Å². The van der Waals surface area contributed by atoms with Gasteiger partial charge in [-0.25, -0.2) is 0 Å². The monoisotopic (exact) mass is 241 g/mol. The number of para-hydroxylation sites is 1. The second-order valence-corrected chi connectivity index (χ2v) is 5.20. The number of halogens is 2. The molecule has 0 spiro atoms. The molecule has 0 unspecified atom stereocenters. The number of aryl methyl sites for hydroxylation is 1. The summed E-state index contributed by atoms with van der Waals surface area (Å²) in [4.78, 5) is 0. The van der Waals surface area contributed by atoms with Gasteiger partial charge in [0.1, 0.15) is 5.75 Å². The lowest BCUT2D eigenvalue weighted by atomic mass is 10.00. The number of rotatable bonds is 3. The summed E-state index contributed by atoms with van der Waals surface area (Å²) in [5.41, 5.74) is 7.45. The van der Waals surface area contributed by atoms with Crippen LogP contribution < -0.4 is 10.5 Å². The van der Waals surface area contributed by atoms with E-state index in [0.29, 0.717) is 0 Å². The lowest BCUT2D eigenvalue weighted by molar-refractivity contribution is -0.0509. The summed E-state index contributed by atoms with van der Waals surface area (Å²) in [7, 11) is 0. The smallest absolute Gasteiger partial charge is 0.387 e. The van der Waals surface area contributed by atoms with Gasteiger partial charge < -0.3 is 10.5 Å². The first-order valence-corrected chi connectivity index (χ1v) is 5.65. The Bertz CT molecular complexity index is 431. The standard InChI is InChI=1S/C13H17F2NO/c1-7-5-4-6-8(10(7)17-12(14)15)9-11(16)13(9,2)3/h4-6,9,11-12H,16H2,1-3H3/t9-,11-/m0/s1. The molecule has 0 aromatic heterocycles. The van der Waals surface area contributed by atoms with Gasteiger partial charge in [0.2, 0.25) is 0 Å². The van der Waals surface area contributed by atoms with Crippen molar-refractivity contribution >= 4 is 0 Å². The molecule has 1 aromatic rings. The van der Waals surface area contributed by atoms with Crippen LogP contribution in [0.5, 0.6) is 5.75 Å². The first-order valence-electron chi connectivity index (χ1n) is 5.65. The largest absolute Gasteiger partial charge is 0.434 e. The van der Waals surface area contributed by atoms with E-state index in [4.69, 9.17) is 5.73 Å². The Morgan fingerprint density at radius 3 is 2.41 bits per heavy atom. The van der Waals surface area contributed by atoms with Crippen LogP contribution in [0.15, 0.2) is 18.2 Å². The normalized spacial score (nSPS) is 26.1. The quantitative estimate of drug-likeness (QED) is 0.882. The molecule has 1 aliphatic carbocycles. The van der Waals surface area contributed by atoms with Crippen molar-refractivity contribution in [3.63, 3.8) is 0 Å². The van der Waals surface area contributed by atoms with Crippen LogP contribution in [0.4, 0.5) is 8.78 Å². The van der Waals surface area contributed by atoms with Gasteiger partial charge in [-0.1, -0.05) is 32.0 Å². The molecule has 2 N–H and O–H groups in total. The van der Waals surface area contributed by atoms with Gasteiger partial charge in [-0.05, 0) is 23.5 Å². The van der Waals surface area contributed by atoms with Crippen molar-refractivity contribution in [3.05, 3.63) is 29.3 Å². The number of alkyl halides is 2. The minimum absolute atomic E-state index is 0.00400. The van der Waals surface area contributed by atoms with Crippen molar-refractivity contribution < 1.29 is 13.5 Å². The zero-order chi connectivity index (χ0) is 12.8. The maximum absolute atomic E-state index is 12.4. The third kappa shape index (κ3) is 2.02. The third-order valence-corrected chi connectivity index (χ3v) is 3.70. The van der Waals surface area contributed by atoms with Crippen LogP contribution in [-0.2, 0) is 0 Å². The zero-order valence-electron chi connectivity index (χ0n) is 10.2. The van der Waals surface area contributed by atoms with E-state index in [1.54, 1.807) is 13.0 Å². The van der Waals surface area contributed by atoms with E-state index >= 15 is 0 Å². The maximum Gasteiger partial charge on any atom is 0.387 e. The van der Waals surface area contributed by atoms with Gasteiger partial charge >= 0.3 is 6.61 Å². The van der Waals surface area contributed by atoms with Crippen LogP contribution in [0.3, 0.4) is 0 Å². The summed E-state index contributed by atoms with van der Waals surface area (Å²) in [6.45, 7) is 3.04. The number of hydrogen-bond acceptors (Lipinski definition) is 2. The van der Waals surface area contributed by atoms with E-state index < -0.39 is 6.61 Å². The molecule has 1 fully saturated rings. The van der Waals surface area contributed by atoms with Gasteiger partial charge in [-0.2, -0.15) is 8.78 Å². The van der Waals surface area contributed by atoms with Crippen LogP contribution in [-0.4, -0.2) is 12.7 Å². The van der Waals surface area contributed by atoms with Gasteiger partial charge in [0.05, 0.1) is 0 Å². The van der Waals surface area contributed by atoms with E-state index in [1.165, 1.54) is 0 Å². The second-order valence-electron chi connectivity index (χ2n) is 5.20. The Kier molecular flexibility index (Phi) is 2.86. The molecule has 2 atom stereocenters. The first-order chi connectivity index (χ1) is 7.85. The summed E-state index contributed by atoms with van der Waals surface area (Å²) < 4.78 is 29.4. The van der Waals surface area contributed by atoms with Gasteiger partial charge in [0.25, 0.3) is 0 Å². The Balaban J connectivity index is 2.38. The molecule has 2 rings (SSSR count). The Labute approximate surface area is 99.8 Å². The third-order valence-electron chi connectivity index (χ3n) is 3.70. The molecule has 0 heterocycles. The molecule has 0 saturated heterocycles. The predicted octanol–water partition coefficient (Wildman–Crippen LogP) is 3.05. The highest BCUT2D eigenvalue weighted by molar-refractivity contribution is 5.48. The van der Waals surface area contributed by atoms with Crippen molar-refractivity contribution in [1.29, 1.82) is 0 Å². The predicted molar refractivity (Wildman–Crippen MR) is 62.3 cm³/mol. The van der Waals surface area contributed by atoms with Crippen LogP contribution in [0.1, 0.15) is 30.9 Å². The number of hydrogen-bond donors (Lipinski definition) is 1. The van der Waals surface area contributed by atoms with Gasteiger partial charge in [-0.15, -0.1) is 0 Å². The van der Waals surface area contributed by atoms with Crippen molar-refractivity contribution in [3.8, 4) is 5.75 Å². The van der Waals surface area contributed by atoms with E-state index in [9.17, 15) is 8.78 Å². The molecular formula is C13H17F2NO. The summed E-state index contributed by atoms with van der Waals surface area (Å²) in [5, 5.41) is 0. The molecule has 17 heavy (non-hydrogen) atoms. The molecule has 0 radical (unpaired) electrons. The summed E-state index contributed by atoms with van der Waals surface area (Å²) in [5.74, 6) is 0.379. The number of benzene rings is 1. The molecule has 4 heteroatoms. The summed E-state index contributed by atoms with van der Waals surface area (Å²) >= 11 is 0. The lowest BCUT2D eigenvalue weighted by Crippen LogP contribution is -2.08. The van der Waals surface area contributed by atoms with Gasteiger partial charge in [0.15, 0.2) is 0 Å². The molecule has 0 amide bonds. The second kappa shape index (κ2) is 3.95. The van der Waals surface area contributed by atoms with E-state index in [1.807, 2.05) is 26.0 Å². The highest BCUT2D eigenvalue weighted by atomic mass is 19.3. The zero-order valence-corrected chi connectivity index (χ0v) is 10.2. The van der Waals surface area contributed by atoms with Gasteiger partial charge in [-0.3, -0.25) is 0 Å². The highest BCUT2D eigenvalue weighted by Gasteiger charge is 2.57. The van der Waals surface area contributed by atoms with Crippen molar-refractivity contribution in [2.75, 3.05) is 0 Å². The Morgan fingerprint density at radius 1 is 1.35 bits per heavy atom. The fourth-order valence-electron chi connectivity index (χ4n) is 2.44. The molecule has 2 nitrogen and oxygen atoms in total. The molecule has 94 valence electrons. The molecule has 1 saturated carbocycles. The van der Waals surface area contributed by atoms with Gasteiger partial charge in [0, 0.05) is 12.0 Å². The average molecular weight is 241 g/mol. The number of nitrogens with two attached hydrogens (primary N) is 1. The van der Waals surface area contributed by atoms with Crippen molar-refractivity contribution in [1.82, 2.24) is 0 Å². The van der Waals surface area contributed by atoms with Crippen molar-refractivity contribution in [2.45, 2.75) is 39.3 Å². The fourth-order valence-corrected chi connectivity index (χ4v) is 2.44. The van der Waals surface area contributed by atoms with Crippen LogP contribution >= 0.6 is 0 Å². The van der Waals surface area contributed by atoms with Crippen LogP contribution in [0.25, 0.3) is 0 Å². The SMILES string of the molecule is Cc1cccc([C@H]2[C@H](N)C2(C)C)c1OC(F)F. The minimum Gasteiger partial charge on any atom is -0.434 e. The van der Waals surface area contributed by atoms with Crippen LogP contribution in [0, 0.1) is 12.3 Å². The van der Waals surface area contributed by atoms with E-state index in [0.717, 1.165) is 11.1 Å².